The minimum absolute atomic E-state index is 0. The number of phenols is 1. The molecule has 0 fully saturated rings. The summed E-state index contributed by atoms with van der Waals surface area (Å²) in [4.78, 5) is 10.4. The van der Waals surface area contributed by atoms with E-state index in [9.17, 15) is 9.22 Å². The van der Waals surface area contributed by atoms with Gasteiger partial charge in [-0.25, -0.2) is 4.98 Å². The molecule has 76 heavy (non-hydrogen) atoms. The fourth-order valence-electron chi connectivity index (χ4n) is 10.7. The Morgan fingerprint density at radius 3 is 1.86 bits per heavy atom. The number of para-hydroxylation sites is 1. The number of fused-ring (bicyclic) bond motifs is 1. The van der Waals surface area contributed by atoms with Gasteiger partial charge in [0.05, 0.1) is 22.3 Å². The molecule has 0 aliphatic carbocycles. The Morgan fingerprint density at radius 2 is 1.24 bits per heavy atom. The number of phenolic OH excluding ortho intramolecular Hbond substituents is 1. The molecule has 5 heteroatoms. The monoisotopic (exact) mass is 1200 g/mol. The number of benzene rings is 7. The number of aromatic nitrogens is 3. The van der Waals surface area contributed by atoms with Crippen LogP contribution in [0.1, 0.15) is 177 Å². The van der Waals surface area contributed by atoms with Crippen LogP contribution in [-0.2, 0) is 37.3 Å². The molecule has 7 aromatic carbocycles. The Labute approximate surface area is 486 Å². The molecular weight excluding hydrogens is 1110 g/mol. The van der Waals surface area contributed by atoms with E-state index < -0.39 is 32.8 Å². The summed E-state index contributed by atoms with van der Waals surface area (Å²) >= 11 is 0. The summed E-state index contributed by atoms with van der Waals surface area (Å²) in [6, 6.07) is 49.0. The van der Waals surface area contributed by atoms with E-state index in [0.29, 0.717) is 61.6 Å². The van der Waals surface area contributed by atoms with Crippen molar-refractivity contribution in [3.05, 3.63) is 191 Å². The van der Waals surface area contributed by atoms with E-state index in [1.165, 1.54) is 35.4 Å². The molecule has 2 heterocycles. The average molecular weight is 1200 g/mol. The second-order valence-corrected chi connectivity index (χ2v) is 21.6. The van der Waals surface area contributed by atoms with Crippen LogP contribution < -0.4 is 0 Å². The van der Waals surface area contributed by atoms with Crippen molar-refractivity contribution in [2.45, 2.75) is 150 Å². The first-order valence-electron chi connectivity index (χ1n) is 32.7. The normalized spacial score (nSPS) is 15.2. The second-order valence-electron chi connectivity index (χ2n) is 21.6. The van der Waals surface area contributed by atoms with Gasteiger partial charge in [-0.1, -0.05) is 210 Å². The minimum Gasteiger partial charge on any atom is -0.507 e. The van der Waals surface area contributed by atoms with Crippen LogP contribution >= 0.6 is 0 Å². The fraction of sp³-hybridized carbons (Fsp3) is 0.324. The number of nitrogens with zero attached hydrogens (tertiary/aromatic N) is 3. The molecule has 9 rings (SSSR count). The number of imidazole rings is 1. The number of aryl methyl sites for hydroxylation is 1. The summed E-state index contributed by atoms with van der Waals surface area (Å²) in [6.07, 6.45) is 5.19. The molecule has 0 bridgehead atoms. The second kappa shape index (κ2) is 22.3. The average Bonchev–Trinajstić information content (AvgIpc) is 0.987. The van der Waals surface area contributed by atoms with Crippen LogP contribution in [-0.4, -0.2) is 19.6 Å². The van der Waals surface area contributed by atoms with Gasteiger partial charge < -0.3 is 5.11 Å². The van der Waals surface area contributed by atoms with Gasteiger partial charge in [-0.15, -0.1) is 23.8 Å². The maximum atomic E-state index is 12.6. The van der Waals surface area contributed by atoms with Crippen LogP contribution in [0.5, 0.6) is 5.75 Å². The predicted molar refractivity (Wildman–Crippen MR) is 319 cm³/mol. The van der Waals surface area contributed by atoms with Gasteiger partial charge in [-0.3, -0.25) is 9.55 Å². The van der Waals surface area contributed by atoms with Gasteiger partial charge in [0.1, 0.15) is 11.6 Å². The van der Waals surface area contributed by atoms with Gasteiger partial charge >= 0.3 is 0 Å². The Kier molecular flexibility index (Phi) is 12.3. The van der Waals surface area contributed by atoms with Crippen LogP contribution in [0.25, 0.3) is 83.9 Å². The molecule has 0 radical (unpaired) electrons. The van der Waals surface area contributed by atoms with E-state index in [1.54, 1.807) is 12.3 Å². The van der Waals surface area contributed by atoms with E-state index in [2.05, 4.69) is 85.7 Å². The Balaban J connectivity index is 0.0000100. The summed E-state index contributed by atoms with van der Waals surface area (Å²) in [5.74, 6) is 0.419. The van der Waals surface area contributed by atoms with E-state index in [0.717, 1.165) is 59.1 Å². The summed E-state index contributed by atoms with van der Waals surface area (Å²) in [7, 11) is 0. The number of aromatic hydroxyl groups is 1. The molecule has 9 aromatic rings. The summed E-state index contributed by atoms with van der Waals surface area (Å²) in [6.45, 7) is 8.91. The molecule has 0 unspecified atom stereocenters. The zero-order valence-corrected chi connectivity index (χ0v) is 47.8. The first kappa shape index (κ1) is 41.8. The maximum Gasteiger partial charge on any atom is 0.148 e. The van der Waals surface area contributed by atoms with Crippen molar-refractivity contribution >= 4 is 11.0 Å². The third-order valence-electron chi connectivity index (χ3n) is 16.3. The summed E-state index contributed by atoms with van der Waals surface area (Å²) in [5, 5.41) is 12.6. The van der Waals surface area contributed by atoms with Crippen LogP contribution in [0, 0.1) is 12.9 Å². The SMILES string of the molecule is [2H]C([2H])([2H])c1cc(-c2c(C(C)(CC)CC)cccc2C(C)(CC)CC)ccc1-n1c(-c2cc(C(C)C)cc(C(C)C)c2O)nc2c(-c3[c-]c(-c4cc(-c5ccc(C(C([2H])([2H])[2H])(C([2H])([2H])[2H])C([2H])([2H])[2H])cc5)ccn4)cc(-c4ccccc4)c3)cccc21.[Pt]. The van der Waals surface area contributed by atoms with Crippen LogP contribution in [0.2, 0.25) is 0 Å². The molecular formula is C71H78N3OPt-. The molecule has 0 atom stereocenters. The zero-order valence-electron chi connectivity index (χ0n) is 57.5. The van der Waals surface area contributed by atoms with Crippen LogP contribution in [0.3, 0.4) is 0 Å². The van der Waals surface area contributed by atoms with Crippen molar-refractivity contribution in [3.63, 3.8) is 0 Å². The Bertz CT molecular complexity index is 3910. The zero-order chi connectivity index (χ0) is 63.6. The largest absolute Gasteiger partial charge is 0.507 e. The quantitative estimate of drug-likeness (QED) is 0.104. The van der Waals surface area contributed by atoms with Crippen molar-refractivity contribution in [2.24, 2.45) is 0 Å². The number of pyridine rings is 1. The van der Waals surface area contributed by atoms with Gasteiger partial charge in [0.15, 0.2) is 0 Å². The minimum atomic E-state index is -3.41. The van der Waals surface area contributed by atoms with Gasteiger partial charge in [0, 0.05) is 49.4 Å². The van der Waals surface area contributed by atoms with Gasteiger partial charge in [0.2, 0.25) is 0 Å². The summed E-state index contributed by atoms with van der Waals surface area (Å²) in [5.41, 5.74) is 9.55. The van der Waals surface area contributed by atoms with Gasteiger partial charge in [-0.2, -0.15) is 0 Å². The number of hydrogen-bond donors (Lipinski definition) is 1. The van der Waals surface area contributed by atoms with Crippen LogP contribution in [0.4, 0.5) is 0 Å². The number of hydrogen-bond acceptors (Lipinski definition) is 3. The van der Waals surface area contributed by atoms with Gasteiger partial charge in [0.25, 0.3) is 0 Å². The standard InChI is InChI=1S/C71H78N3O.Pt/c1-15-70(13,16-2)60-27-23-28-61(71(14,17-3)18-4)65(60)51-32-35-63(47(9)38-51)74-64-29-22-26-57(66(64)73-68(74)59-43-52(45(5)6)42-58(46(7)8)67(59)75)54-39-53(48-24-20-19-21-25-48)40-55(41-54)62-44-50(36-37-72-62)49-30-33-56(34-31-49)69(10,11)12;/h19-40,42-46,75H,15-18H2,1-14H3;/q-1;/i9D3,10D3,11D3,12D3;. The molecule has 0 amide bonds. The Hall–Kier alpha value is -6.35. The van der Waals surface area contributed by atoms with Crippen molar-refractivity contribution in [1.82, 2.24) is 14.5 Å². The fourth-order valence-corrected chi connectivity index (χ4v) is 10.7. The number of rotatable bonds is 15. The first-order valence-corrected chi connectivity index (χ1v) is 26.7. The van der Waals surface area contributed by atoms with Crippen molar-refractivity contribution in [2.75, 3.05) is 0 Å². The summed E-state index contributed by atoms with van der Waals surface area (Å²) < 4.78 is 105. The van der Waals surface area contributed by atoms with Crippen molar-refractivity contribution < 1.29 is 42.6 Å². The van der Waals surface area contributed by atoms with E-state index >= 15 is 0 Å². The molecule has 0 aliphatic rings. The van der Waals surface area contributed by atoms with E-state index in [4.69, 9.17) is 22.3 Å². The molecule has 0 aliphatic heterocycles. The van der Waals surface area contributed by atoms with Crippen LogP contribution in [0.15, 0.2) is 152 Å². The van der Waals surface area contributed by atoms with E-state index in [-0.39, 0.29) is 60.6 Å². The maximum absolute atomic E-state index is 12.6. The molecule has 4 nitrogen and oxygen atoms in total. The topological polar surface area (TPSA) is 50.9 Å². The molecule has 0 saturated heterocycles. The van der Waals surface area contributed by atoms with Crippen molar-refractivity contribution in [3.8, 4) is 78.6 Å². The first-order chi connectivity index (χ1) is 40.8. The Morgan fingerprint density at radius 1 is 0.605 bits per heavy atom. The van der Waals surface area contributed by atoms with Crippen molar-refractivity contribution in [1.29, 1.82) is 0 Å². The molecule has 1 N–H and O–H groups in total. The van der Waals surface area contributed by atoms with E-state index in [1.807, 2.05) is 109 Å². The molecule has 2 aromatic heterocycles. The smallest absolute Gasteiger partial charge is 0.148 e. The van der Waals surface area contributed by atoms with Gasteiger partial charge in [-0.05, 0) is 152 Å². The third kappa shape index (κ3) is 10.6. The third-order valence-corrected chi connectivity index (χ3v) is 16.3. The molecule has 0 saturated carbocycles. The molecule has 0 spiro atoms. The molecule has 394 valence electrons. The predicted octanol–water partition coefficient (Wildman–Crippen LogP) is 19.9.